The Bertz CT molecular complexity index is 791. The zero-order valence-electron chi connectivity index (χ0n) is 15.4. The molecule has 1 aromatic carbocycles. The molecule has 0 saturated carbocycles. The number of aromatic nitrogens is 1. The second-order valence-electron chi connectivity index (χ2n) is 6.64. The van der Waals surface area contributed by atoms with Crippen molar-refractivity contribution in [2.45, 2.75) is 50.2 Å². The number of hydrogen-bond acceptors (Lipinski definition) is 8. The molecule has 1 aromatic heterocycles. The van der Waals surface area contributed by atoms with Gasteiger partial charge in [-0.15, -0.1) is 0 Å². The van der Waals surface area contributed by atoms with Crippen LogP contribution in [0.15, 0.2) is 30.5 Å². The Labute approximate surface area is 161 Å². The standard InChI is InChI=1S/C19H25NO8/c1-2-26-18(25)13(7-10-8-20-12-6-4-3-5-11(10)12)27-19-17(24)16(23)15(22)14(9-21)28-19/h3-6,8,13-17,19-24H,2,7,9H2,1H3/t13?,14-,15-,16+,17-,19-/m1/s1. The van der Waals surface area contributed by atoms with E-state index in [9.17, 15) is 25.2 Å². The summed E-state index contributed by atoms with van der Waals surface area (Å²) in [4.78, 5) is 15.5. The molecule has 0 bridgehead atoms. The fourth-order valence-electron chi connectivity index (χ4n) is 3.26. The number of para-hydroxylation sites is 1. The maximum atomic E-state index is 12.4. The van der Waals surface area contributed by atoms with Gasteiger partial charge in [-0.25, -0.2) is 4.79 Å². The van der Waals surface area contributed by atoms with Gasteiger partial charge >= 0.3 is 5.97 Å². The Kier molecular flexibility index (Phi) is 6.65. The molecule has 9 heteroatoms. The number of aromatic amines is 1. The fourth-order valence-corrected chi connectivity index (χ4v) is 3.26. The van der Waals surface area contributed by atoms with E-state index >= 15 is 0 Å². The lowest BCUT2D eigenvalue weighted by molar-refractivity contribution is -0.310. The minimum atomic E-state index is -1.60. The Morgan fingerprint density at radius 1 is 1.21 bits per heavy atom. The molecule has 3 rings (SSSR count). The number of aliphatic hydroxyl groups excluding tert-OH is 4. The zero-order chi connectivity index (χ0) is 20.3. The summed E-state index contributed by atoms with van der Waals surface area (Å²) < 4.78 is 16.1. The van der Waals surface area contributed by atoms with Crippen molar-refractivity contribution in [2.24, 2.45) is 0 Å². The van der Waals surface area contributed by atoms with Crippen LogP contribution >= 0.6 is 0 Å². The summed E-state index contributed by atoms with van der Waals surface area (Å²) in [6.45, 7) is 1.22. The van der Waals surface area contributed by atoms with Gasteiger partial charge in [-0.05, 0) is 18.6 Å². The van der Waals surface area contributed by atoms with Crippen LogP contribution in [0.3, 0.4) is 0 Å². The third-order valence-electron chi connectivity index (χ3n) is 4.78. The second kappa shape index (κ2) is 8.99. The third kappa shape index (κ3) is 4.19. The first-order valence-electron chi connectivity index (χ1n) is 9.13. The summed E-state index contributed by atoms with van der Waals surface area (Å²) in [7, 11) is 0. The zero-order valence-corrected chi connectivity index (χ0v) is 15.4. The summed E-state index contributed by atoms with van der Waals surface area (Å²) >= 11 is 0. The minimum Gasteiger partial charge on any atom is -0.464 e. The highest BCUT2D eigenvalue weighted by molar-refractivity contribution is 5.84. The third-order valence-corrected chi connectivity index (χ3v) is 4.78. The lowest BCUT2D eigenvalue weighted by Gasteiger charge is -2.40. The number of carbonyl (C=O) groups excluding carboxylic acids is 1. The molecule has 1 saturated heterocycles. The second-order valence-corrected chi connectivity index (χ2v) is 6.64. The SMILES string of the molecule is CCOC(=O)C(Cc1c[nH]c2ccccc12)O[C@@H]1O[C@H](CO)[C@@H](O)[C@H](O)[C@H]1O. The average molecular weight is 395 g/mol. The molecule has 2 heterocycles. The van der Waals surface area contributed by atoms with Crippen molar-refractivity contribution >= 4 is 16.9 Å². The van der Waals surface area contributed by atoms with Crippen molar-refractivity contribution in [3.63, 3.8) is 0 Å². The lowest BCUT2D eigenvalue weighted by atomic mass is 9.99. The fraction of sp³-hybridized carbons (Fsp3) is 0.526. The van der Waals surface area contributed by atoms with Crippen LogP contribution in [0.25, 0.3) is 10.9 Å². The molecule has 0 radical (unpaired) electrons. The molecule has 0 aliphatic carbocycles. The number of ether oxygens (including phenoxy) is 3. The lowest BCUT2D eigenvalue weighted by Crippen LogP contribution is -2.60. The number of benzene rings is 1. The van der Waals surface area contributed by atoms with E-state index in [4.69, 9.17) is 14.2 Å². The first-order valence-corrected chi connectivity index (χ1v) is 9.13. The van der Waals surface area contributed by atoms with Crippen LogP contribution in [0, 0.1) is 0 Å². The van der Waals surface area contributed by atoms with E-state index in [0.29, 0.717) is 0 Å². The van der Waals surface area contributed by atoms with E-state index < -0.39 is 49.4 Å². The number of fused-ring (bicyclic) bond motifs is 1. The summed E-state index contributed by atoms with van der Waals surface area (Å²) in [5.41, 5.74) is 1.70. The van der Waals surface area contributed by atoms with Gasteiger partial charge in [0.15, 0.2) is 12.4 Å². The molecular weight excluding hydrogens is 370 g/mol. The molecule has 1 aliphatic rings. The highest BCUT2D eigenvalue weighted by Crippen LogP contribution is 2.25. The van der Waals surface area contributed by atoms with Crippen LogP contribution in [0.4, 0.5) is 0 Å². The molecule has 1 unspecified atom stereocenters. The van der Waals surface area contributed by atoms with Gasteiger partial charge in [-0.1, -0.05) is 18.2 Å². The summed E-state index contributed by atoms with van der Waals surface area (Å²) in [5, 5.41) is 40.2. The van der Waals surface area contributed by atoms with Gasteiger partial charge in [-0.3, -0.25) is 0 Å². The van der Waals surface area contributed by atoms with E-state index in [0.717, 1.165) is 16.5 Å². The van der Waals surface area contributed by atoms with E-state index in [-0.39, 0.29) is 13.0 Å². The number of esters is 1. The first-order chi connectivity index (χ1) is 13.5. The monoisotopic (exact) mass is 395 g/mol. The van der Waals surface area contributed by atoms with E-state index in [1.165, 1.54) is 0 Å². The first kappa shape index (κ1) is 20.7. The number of carbonyl (C=O) groups is 1. The predicted octanol–water partition coefficient (Wildman–Crippen LogP) is -0.541. The van der Waals surface area contributed by atoms with Crippen LogP contribution in [0.5, 0.6) is 0 Å². The maximum Gasteiger partial charge on any atom is 0.335 e. The molecule has 1 aliphatic heterocycles. The molecule has 1 fully saturated rings. The van der Waals surface area contributed by atoms with Gasteiger partial charge in [0.25, 0.3) is 0 Å². The molecular formula is C19H25NO8. The van der Waals surface area contributed by atoms with Crippen LogP contribution in [0.1, 0.15) is 12.5 Å². The van der Waals surface area contributed by atoms with Gasteiger partial charge in [-0.2, -0.15) is 0 Å². The predicted molar refractivity (Wildman–Crippen MR) is 97.3 cm³/mol. The van der Waals surface area contributed by atoms with E-state index in [1.54, 1.807) is 13.1 Å². The molecule has 5 N–H and O–H groups in total. The Balaban J connectivity index is 1.81. The van der Waals surface area contributed by atoms with Crippen LogP contribution in [-0.2, 0) is 25.4 Å². The highest BCUT2D eigenvalue weighted by Gasteiger charge is 2.45. The Morgan fingerprint density at radius 2 is 1.96 bits per heavy atom. The van der Waals surface area contributed by atoms with Crippen molar-refractivity contribution < 1.29 is 39.4 Å². The Morgan fingerprint density at radius 3 is 2.68 bits per heavy atom. The maximum absolute atomic E-state index is 12.4. The average Bonchev–Trinajstić information content (AvgIpc) is 3.10. The number of rotatable bonds is 7. The van der Waals surface area contributed by atoms with Crippen molar-refractivity contribution in [3.05, 3.63) is 36.0 Å². The van der Waals surface area contributed by atoms with Crippen LogP contribution in [-0.4, -0.2) is 81.4 Å². The topological polar surface area (TPSA) is 141 Å². The van der Waals surface area contributed by atoms with E-state index in [1.807, 2.05) is 24.3 Å². The van der Waals surface area contributed by atoms with Crippen molar-refractivity contribution in [1.82, 2.24) is 4.98 Å². The molecule has 9 nitrogen and oxygen atoms in total. The summed E-state index contributed by atoms with van der Waals surface area (Å²) in [6, 6.07) is 7.56. The van der Waals surface area contributed by atoms with Gasteiger partial charge in [0.1, 0.15) is 24.4 Å². The van der Waals surface area contributed by atoms with Gasteiger partial charge in [0.2, 0.25) is 0 Å². The van der Waals surface area contributed by atoms with Crippen LogP contribution < -0.4 is 0 Å². The normalized spacial score (nSPS) is 29.0. The summed E-state index contributed by atoms with van der Waals surface area (Å²) in [5.74, 6) is -0.648. The smallest absolute Gasteiger partial charge is 0.335 e. The highest BCUT2D eigenvalue weighted by atomic mass is 16.7. The van der Waals surface area contributed by atoms with Crippen molar-refractivity contribution in [1.29, 1.82) is 0 Å². The molecule has 154 valence electrons. The quantitative estimate of drug-likeness (QED) is 0.394. The number of hydrogen-bond donors (Lipinski definition) is 5. The molecule has 28 heavy (non-hydrogen) atoms. The van der Waals surface area contributed by atoms with Crippen LogP contribution in [0.2, 0.25) is 0 Å². The van der Waals surface area contributed by atoms with Gasteiger partial charge in [0, 0.05) is 23.5 Å². The van der Waals surface area contributed by atoms with E-state index in [2.05, 4.69) is 4.98 Å². The minimum absolute atomic E-state index is 0.137. The van der Waals surface area contributed by atoms with Gasteiger partial charge in [0.05, 0.1) is 13.2 Å². The number of nitrogens with one attached hydrogen (secondary N) is 1. The van der Waals surface area contributed by atoms with Crippen molar-refractivity contribution in [2.75, 3.05) is 13.2 Å². The summed E-state index contributed by atoms with van der Waals surface area (Å²) in [6.07, 6.45) is -6.47. The number of aliphatic hydroxyl groups is 4. The van der Waals surface area contributed by atoms with Gasteiger partial charge < -0.3 is 39.6 Å². The Hall–Kier alpha value is -2.01. The molecule has 0 amide bonds. The molecule has 2 aromatic rings. The molecule has 0 spiro atoms. The number of H-pyrrole nitrogens is 1. The van der Waals surface area contributed by atoms with Crippen molar-refractivity contribution in [3.8, 4) is 0 Å². The largest absolute Gasteiger partial charge is 0.464 e. The molecule has 6 atom stereocenters.